The van der Waals surface area contributed by atoms with E-state index in [-0.39, 0.29) is 23.9 Å². The fourth-order valence-corrected chi connectivity index (χ4v) is 2.62. The lowest BCUT2D eigenvalue weighted by molar-refractivity contribution is -0.138. The molecule has 2 atom stereocenters. The number of hydrogen-bond acceptors (Lipinski definition) is 3. The number of hydrogen-bond donors (Lipinski definition) is 2. The maximum atomic E-state index is 12.3. The van der Waals surface area contributed by atoms with Gasteiger partial charge >= 0.3 is 12.0 Å². The predicted octanol–water partition coefficient (Wildman–Crippen LogP) is 1.61. The molecule has 0 aromatic heterocycles. The van der Waals surface area contributed by atoms with E-state index in [9.17, 15) is 9.59 Å². The van der Waals surface area contributed by atoms with Crippen LogP contribution in [0.5, 0.6) is 0 Å². The van der Waals surface area contributed by atoms with Gasteiger partial charge in [0, 0.05) is 25.7 Å². The maximum Gasteiger partial charge on any atom is 0.317 e. The van der Waals surface area contributed by atoms with Crippen LogP contribution in [0.25, 0.3) is 0 Å². The van der Waals surface area contributed by atoms with Crippen LogP contribution in [-0.4, -0.2) is 66.2 Å². The fourth-order valence-electron chi connectivity index (χ4n) is 2.62. The summed E-state index contributed by atoms with van der Waals surface area (Å²) in [5.74, 6) is -0.895. The number of amides is 2. The van der Waals surface area contributed by atoms with Crippen LogP contribution in [0.1, 0.15) is 40.0 Å². The number of carbonyl (C=O) groups is 2. The zero-order chi connectivity index (χ0) is 16.2. The second kappa shape index (κ2) is 7.11. The smallest absolute Gasteiger partial charge is 0.317 e. The Morgan fingerprint density at radius 1 is 1.43 bits per heavy atom. The molecule has 1 saturated heterocycles. The molecule has 0 aromatic carbocycles. The average Bonchev–Trinajstić information content (AvgIpc) is 2.72. The van der Waals surface area contributed by atoms with Crippen molar-refractivity contribution >= 4 is 12.0 Å². The average molecular weight is 299 g/mol. The van der Waals surface area contributed by atoms with Crippen molar-refractivity contribution < 1.29 is 14.7 Å². The van der Waals surface area contributed by atoms with Crippen LogP contribution in [0.2, 0.25) is 0 Å². The molecule has 1 rings (SSSR count). The Labute approximate surface area is 127 Å². The topological polar surface area (TPSA) is 72.9 Å². The lowest BCUT2D eigenvalue weighted by Crippen LogP contribution is -2.51. The van der Waals surface area contributed by atoms with Gasteiger partial charge in [0.2, 0.25) is 0 Å². The van der Waals surface area contributed by atoms with Gasteiger partial charge in [-0.1, -0.05) is 20.8 Å². The minimum Gasteiger partial charge on any atom is -0.481 e. The Balaban J connectivity index is 2.57. The molecule has 1 fully saturated rings. The Morgan fingerprint density at radius 2 is 2.05 bits per heavy atom. The second-order valence-corrected chi connectivity index (χ2v) is 7.12. The molecule has 2 unspecified atom stereocenters. The third kappa shape index (κ3) is 5.53. The molecule has 1 aliphatic heterocycles. The third-order valence-corrected chi connectivity index (χ3v) is 4.22. The number of carboxylic acids is 1. The van der Waals surface area contributed by atoms with E-state index in [1.54, 1.807) is 11.9 Å². The summed E-state index contributed by atoms with van der Waals surface area (Å²) in [4.78, 5) is 27.2. The molecule has 6 heteroatoms. The summed E-state index contributed by atoms with van der Waals surface area (Å²) >= 11 is 0. The molecule has 2 N–H and O–H groups in total. The summed E-state index contributed by atoms with van der Waals surface area (Å²) < 4.78 is 0. The van der Waals surface area contributed by atoms with Crippen molar-refractivity contribution in [3.63, 3.8) is 0 Å². The summed E-state index contributed by atoms with van der Waals surface area (Å²) in [6.45, 7) is 7.55. The summed E-state index contributed by atoms with van der Waals surface area (Å²) in [6.07, 6.45) is 2.21. The summed E-state index contributed by atoms with van der Waals surface area (Å²) in [7, 11) is 3.84. The molecule has 0 spiro atoms. The van der Waals surface area contributed by atoms with Gasteiger partial charge in [-0.05, 0) is 31.8 Å². The Hall–Kier alpha value is -1.30. The quantitative estimate of drug-likeness (QED) is 0.809. The molecule has 1 heterocycles. The zero-order valence-electron chi connectivity index (χ0n) is 13.8. The first-order chi connectivity index (χ1) is 9.61. The van der Waals surface area contributed by atoms with Crippen molar-refractivity contribution in [3.8, 4) is 0 Å². The van der Waals surface area contributed by atoms with Crippen LogP contribution in [0.4, 0.5) is 4.79 Å². The van der Waals surface area contributed by atoms with Gasteiger partial charge in [0.25, 0.3) is 0 Å². The molecule has 0 bridgehead atoms. The van der Waals surface area contributed by atoms with E-state index in [0.29, 0.717) is 12.6 Å². The highest BCUT2D eigenvalue weighted by molar-refractivity contribution is 5.76. The molecular weight excluding hydrogens is 270 g/mol. The first-order valence-corrected chi connectivity index (χ1v) is 7.55. The minimum atomic E-state index is -0.895. The van der Waals surface area contributed by atoms with E-state index in [4.69, 9.17) is 5.11 Å². The van der Waals surface area contributed by atoms with Crippen molar-refractivity contribution in [2.24, 2.45) is 5.41 Å². The number of nitrogens with zero attached hydrogens (tertiary/aromatic N) is 2. The normalized spacial score (nSPS) is 21.1. The highest BCUT2D eigenvalue weighted by atomic mass is 16.4. The molecule has 6 nitrogen and oxygen atoms in total. The number of likely N-dealkylation sites (tertiary alicyclic amines) is 1. The van der Waals surface area contributed by atoms with E-state index >= 15 is 0 Å². The number of likely N-dealkylation sites (N-methyl/N-ethyl adjacent to an activating group) is 2. The monoisotopic (exact) mass is 299 g/mol. The molecule has 2 amide bonds. The number of carbonyl (C=O) groups excluding carboxylic acids is 1. The van der Waals surface area contributed by atoms with Crippen LogP contribution >= 0.6 is 0 Å². The third-order valence-electron chi connectivity index (χ3n) is 4.22. The van der Waals surface area contributed by atoms with Crippen LogP contribution in [0, 0.1) is 5.41 Å². The van der Waals surface area contributed by atoms with E-state index < -0.39 is 5.97 Å². The number of rotatable bonds is 5. The molecule has 21 heavy (non-hydrogen) atoms. The number of carboxylic acid groups (broad SMARTS) is 1. The van der Waals surface area contributed by atoms with Crippen molar-refractivity contribution in [3.05, 3.63) is 0 Å². The van der Waals surface area contributed by atoms with Gasteiger partial charge in [0.05, 0.1) is 6.42 Å². The lowest BCUT2D eigenvalue weighted by atomic mass is 9.85. The van der Waals surface area contributed by atoms with Crippen LogP contribution in [0.15, 0.2) is 0 Å². The van der Waals surface area contributed by atoms with Gasteiger partial charge in [-0.3, -0.25) is 4.79 Å². The van der Waals surface area contributed by atoms with E-state index in [0.717, 1.165) is 13.0 Å². The molecule has 0 radical (unpaired) electrons. The van der Waals surface area contributed by atoms with E-state index in [1.165, 1.54) is 6.42 Å². The first kappa shape index (κ1) is 17.8. The highest BCUT2D eigenvalue weighted by Gasteiger charge is 2.30. The van der Waals surface area contributed by atoms with Crippen molar-refractivity contribution in [2.45, 2.75) is 52.1 Å². The fraction of sp³-hybridized carbons (Fsp3) is 0.867. The van der Waals surface area contributed by atoms with Crippen LogP contribution < -0.4 is 5.32 Å². The minimum absolute atomic E-state index is 0.0631. The van der Waals surface area contributed by atoms with Gasteiger partial charge in [-0.25, -0.2) is 4.79 Å². The van der Waals surface area contributed by atoms with Crippen molar-refractivity contribution in [2.75, 3.05) is 27.2 Å². The van der Waals surface area contributed by atoms with Gasteiger partial charge in [0.1, 0.15) is 0 Å². The van der Waals surface area contributed by atoms with Gasteiger partial charge in [0.15, 0.2) is 0 Å². The van der Waals surface area contributed by atoms with Crippen LogP contribution in [-0.2, 0) is 4.79 Å². The van der Waals surface area contributed by atoms with E-state index in [2.05, 4.69) is 17.3 Å². The van der Waals surface area contributed by atoms with Gasteiger partial charge < -0.3 is 20.2 Å². The Morgan fingerprint density at radius 3 is 2.48 bits per heavy atom. The van der Waals surface area contributed by atoms with Crippen molar-refractivity contribution in [1.29, 1.82) is 0 Å². The summed E-state index contributed by atoms with van der Waals surface area (Å²) in [5.41, 5.74) is -0.293. The number of urea groups is 1. The van der Waals surface area contributed by atoms with E-state index in [1.807, 2.05) is 20.8 Å². The first-order valence-electron chi connectivity index (χ1n) is 7.55. The SMILES string of the molecule is CN(CC1CCCN1C)C(=O)NC(CC(=O)O)C(C)(C)C. The highest BCUT2D eigenvalue weighted by Crippen LogP contribution is 2.22. The Bertz CT molecular complexity index is 379. The standard InChI is InChI=1S/C15H29N3O3/c1-15(2,3)12(9-13(19)20)16-14(21)18(5)10-11-7-6-8-17(11)4/h11-12H,6-10H2,1-5H3,(H,16,21)(H,19,20). The Kier molecular flexibility index (Phi) is 6.01. The maximum absolute atomic E-state index is 12.3. The molecule has 122 valence electrons. The summed E-state index contributed by atoms with van der Waals surface area (Å²) in [6, 6.07) is -0.184. The van der Waals surface area contributed by atoms with Gasteiger partial charge in [-0.2, -0.15) is 0 Å². The molecule has 0 aromatic rings. The summed E-state index contributed by atoms with van der Waals surface area (Å²) in [5, 5.41) is 11.9. The number of nitrogens with one attached hydrogen (secondary N) is 1. The van der Waals surface area contributed by atoms with Gasteiger partial charge in [-0.15, -0.1) is 0 Å². The second-order valence-electron chi connectivity index (χ2n) is 7.12. The molecular formula is C15H29N3O3. The molecule has 0 aliphatic carbocycles. The number of aliphatic carboxylic acids is 1. The molecule has 1 aliphatic rings. The zero-order valence-corrected chi connectivity index (χ0v) is 13.8. The largest absolute Gasteiger partial charge is 0.481 e. The molecule has 0 saturated carbocycles. The van der Waals surface area contributed by atoms with Crippen LogP contribution in [0.3, 0.4) is 0 Å². The predicted molar refractivity (Wildman–Crippen MR) is 82.3 cm³/mol. The lowest BCUT2D eigenvalue weighted by Gasteiger charge is -2.33. The van der Waals surface area contributed by atoms with Crippen molar-refractivity contribution in [1.82, 2.24) is 15.1 Å².